The number of halogens is 1. The second-order valence-corrected chi connectivity index (χ2v) is 8.12. The summed E-state index contributed by atoms with van der Waals surface area (Å²) in [7, 11) is 1.38. The first-order valence-corrected chi connectivity index (χ1v) is 10.3. The number of aromatic nitrogens is 1. The molecule has 0 unspecified atom stereocenters. The van der Waals surface area contributed by atoms with Crippen molar-refractivity contribution in [3.05, 3.63) is 53.1 Å². The fourth-order valence-electron chi connectivity index (χ4n) is 3.47. The van der Waals surface area contributed by atoms with E-state index in [1.165, 1.54) is 31.5 Å². The summed E-state index contributed by atoms with van der Waals surface area (Å²) in [6.07, 6.45) is 0.737. The maximum atomic E-state index is 13.4. The van der Waals surface area contributed by atoms with Gasteiger partial charge < -0.3 is 14.6 Å². The summed E-state index contributed by atoms with van der Waals surface area (Å²) in [6.45, 7) is 9.16. The van der Waals surface area contributed by atoms with E-state index in [1.807, 2.05) is 27.7 Å². The molecule has 7 heteroatoms. The van der Waals surface area contributed by atoms with Crippen molar-refractivity contribution in [1.29, 1.82) is 0 Å². The summed E-state index contributed by atoms with van der Waals surface area (Å²) in [5.41, 5.74) is 1.54. The zero-order chi connectivity index (χ0) is 23.3. The molecule has 2 aromatic rings. The number of benzene rings is 1. The number of pyridine rings is 1. The third-order valence-corrected chi connectivity index (χ3v) is 5.61. The highest BCUT2D eigenvalue weighted by molar-refractivity contribution is 5.99. The van der Waals surface area contributed by atoms with E-state index in [1.54, 1.807) is 13.0 Å². The Morgan fingerprint density at radius 3 is 2.42 bits per heavy atom. The van der Waals surface area contributed by atoms with E-state index in [0.29, 0.717) is 0 Å². The van der Waals surface area contributed by atoms with Crippen LogP contribution < -0.4 is 4.74 Å². The van der Waals surface area contributed by atoms with Crippen LogP contribution in [0.2, 0.25) is 0 Å². The standard InChI is InChI=1S/C24H30FNO5/c1-13(2)19(12-20(27)22-23(28)21(30-6)9-10-26-22)24(29)31-16(5)15(4)18-8-7-17(25)11-14(18)3/h7-11,13,15-16,19,28H,12H2,1-6H3/t15-,16+,19+/m1/s1. The molecule has 0 saturated carbocycles. The van der Waals surface area contributed by atoms with Gasteiger partial charge in [-0.05, 0) is 43.0 Å². The molecule has 6 nitrogen and oxygen atoms in total. The average molecular weight is 432 g/mol. The van der Waals surface area contributed by atoms with Gasteiger partial charge in [-0.2, -0.15) is 0 Å². The van der Waals surface area contributed by atoms with Gasteiger partial charge in [0, 0.05) is 24.6 Å². The third-order valence-electron chi connectivity index (χ3n) is 5.61. The molecule has 1 aromatic carbocycles. The molecule has 3 atom stereocenters. The molecule has 0 fully saturated rings. The molecule has 0 bridgehead atoms. The van der Waals surface area contributed by atoms with E-state index in [-0.39, 0.29) is 41.3 Å². The fourth-order valence-corrected chi connectivity index (χ4v) is 3.47. The van der Waals surface area contributed by atoms with E-state index >= 15 is 0 Å². The van der Waals surface area contributed by atoms with Gasteiger partial charge in [0.05, 0.1) is 13.0 Å². The summed E-state index contributed by atoms with van der Waals surface area (Å²) in [5, 5.41) is 10.2. The lowest BCUT2D eigenvalue weighted by atomic mass is 9.89. The third kappa shape index (κ3) is 5.81. The molecular formula is C24H30FNO5. The molecule has 0 aliphatic carbocycles. The number of carbonyl (C=O) groups excluding carboxylic acids is 2. The van der Waals surface area contributed by atoms with Crippen molar-refractivity contribution in [2.24, 2.45) is 11.8 Å². The summed E-state index contributed by atoms with van der Waals surface area (Å²) >= 11 is 0. The maximum Gasteiger partial charge on any atom is 0.309 e. The Hall–Kier alpha value is -2.96. The Balaban J connectivity index is 2.14. The number of nitrogens with zero attached hydrogens (tertiary/aromatic N) is 1. The van der Waals surface area contributed by atoms with Gasteiger partial charge in [-0.1, -0.05) is 26.8 Å². The quantitative estimate of drug-likeness (QED) is 0.452. The first kappa shape index (κ1) is 24.3. The van der Waals surface area contributed by atoms with Crippen LogP contribution in [0.3, 0.4) is 0 Å². The Bertz CT molecular complexity index is 944. The topological polar surface area (TPSA) is 85.7 Å². The van der Waals surface area contributed by atoms with Crippen LogP contribution in [-0.2, 0) is 9.53 Å². The number of hydrogen-bond donors (Lipinski definition) is 1. The van der Waals surface area contributed by atoms with Crippen LogP contribution in [0.15, 0.2) is 30.5 Å². The van der Waals surface area contributed by atoms with Crippen molar-refractivity contribution in [2.75, 3.05) is 7.11 Å². The predicted octanol–water partition coefficient (Wildman–Crippen LogP) is 4.82. The number of rotatable bonds is 9. The SMILES string of the molecule is COc1ccnc(C(=O)C[C@H](C(=O)O[C@@H](C)[C@@H](C)c2ccc(F)cc2C)C(C)C)c1O. The molecular weight excluding hydrogens is 401 g/mol. The highest BCUT2D eigenvalue weighted by Gasteiger charge is 2.31. The van der Waals surface area contributed by atoms with Gasteiger partial charge in [-0.25, -0.2) is 9.37 Å². The minimum Gasteiger partial charge on any atom is -0.503 e. The van der Waals surface area contributed by atoms with Crippen LogP contribution in [0, 0.1) is 24.6 Å². The van der Waals surface area contributed by atoms with Gasteiger partial charge >= 0.3 is 5.97 Å². The lowest BCUT2D eigenvalue weighted by Gasteiger charge is -2.26. The van der Waals surface area contributed by atoms with Gasteiger partial charge in [0.15, 0.2) is 23.0 Å². The Labute approximate surface area is 182 Å². The minimum atomic E-state index is -0.705. The van der Waals surface area contributed by atoms with Crippen LogP contribution in [0.4, 0.5) is 4.39 Å². The fraction of sp³-hybridized carbons (Fsp3) is 0.458. The lowest BCUT2D eigenvalue weighted by Crippen LogP contribution is -2.30. The van der Waals surface area contributed by atoms with Crippen molar-refractivity contribution >= 4 is 11.8 Å². The number of Topliss-reactive ketones (excluding diaryl/α,β-unsaturated/α-hetero) is 1. The Morgan fingerprint density at radius 2 is 1.84 bits per heavy atom. The Morgan fingerprint density at radius 1 is 1.16 bits per heavy atom. The van der Waals surface area contributed by atoms with Gasteiger partial charge in [-0.3, -0.25) is 9.59 Å². The zero-order valence-corrected chi connectivity index (χ0v) is 18.8. The molecule has 1 heterocycles. The molecule has 2 rings (SSSR count). The number of hydrogen-bond acceptors (Lipinski definition) is 6. The number of ketones is 1. The van der Waals surface area contributed by atoms with Gasteiger partial charge in [-0.15, -0.1) is 0 Å². The molecule has 0 aliphatic heterocycles. The van der Waals surface area contributed by atoms with E-state index < -0.39 is 23.8 Å². The number of carbonyl (C=O) groups is 2. The molecule has 0 radical (unpaired) electrons. The van der Waals surface area contributed by atoms with Crippen LogP contribution in [0.5, 0.6) is 11.5 Å². The van der Waals surface area contributed by atoms with Gasteiger partial charge in [0.2, 0.25) is 0 Å². The van der Waals surface area contributed by atoms with E-state index in [4.69, 9.17) is 9.47 Å². The highest BCUT2D eigenvalue weighted by Crippen LogP contribution is 2.31. The number of aryl methyl sites for hydroxylation is 1. The molecule has 0 aliphatic rings. The van der Waals surface area contributed by atoms with Crippen LogP contribution >= 0.6 is 0 Å². The molecule has 0 saturated heterocycles. The molecule has 168 valence electrons. The van der Waals surface area contributed by atoms with E-state index in [9.17, 15) is 19.1 Å². The monoisotopic (exact) mass is 431 g/mol. The Kier molecular flexibility index (Phi) is 8.14. The van der Waals surface area contributed by atoms with Crippen LogP contribution in [0.25, 0.3) is 0 Å². The molecule has 0 spiro atoms. The normalized spacial score (nSPS) is 14.1. The number of ether oxygens (including phenoxy) is 2. The van der Waals surface area contributed by atoms with Crippen molar-refractivity contribution in [3.8, 4) is 11.5 Å². The largest absolute Gasteiger partial charge is 0.503 e. The van der Waals surface area contributed by atoms with Crippen LogP contribution in [0.1, 0.15) is 61.6 Å². The van der Waals surface area contributed by atoms with E-state index in [2.05, 4.69) is 4.98 Å². The van der Waals surface area contributed by atoms with E-state index in [0.717, 1.165) is 11.1 Å². The summed E-state index contributed by atoms with van der Waals surface area (Å²) in [6, 6.07) is 5.97. The second-order valence-electron chi connectivity index (χ2n) is 8.12. The van der Waals surface area contributed by atoms with Crippen molar-refractivity contribution < 1.29 is 28.6 Å². The molecule has 0 amide bonds. The van der Waals surface area contributed by atoms with Gasteiger partial charge in [0.25, 0.3) is 0 Å². The lowest BCUT2D eigenvalue weighted by molar-refractivity contribution is -0.155. The first-order chi connectivity index (χ1) is 14.6. The molecule has 1 N–H and O–H groups in total. The minimum absolute atomic E-state index is 0.138. The highest BCUT2D eigenvalue weighted by atomic mass is 19.1. The molecule has 31 heavy (non-hydrogen) atoms. The number of esters is 1. The second kappa shape index (κ2) is 10.4. The van der Waals surface area contributed by atoms with Crippen LogP contribution in [-0.4, -0.2) is 35.1 Å². The maximum absolute atomic E-state index is 13.4. The molecule has 1 aromatic heterocycles. The van der Waals surface area contributed by atoms with Crippen molar-refractivity contribution in [2.45, 2.75) is 53.1 Å². The summed E-state index contributed by atoms with van der Waals surface area (Å²) in [4.78, 5) is 29.6. The van der Waals surface area contributed by atoms with Gasteiger partial charge in [0.1, 0.15) is 11.9 Å². The number of methoxy groups -OCH3 is 1. The summed E-state index contributed by atoms with van der Waals surface area (Å²) in [5.74, 6) is -2.52. The smallest absolute Gasteiger partial charge is 0.309 e. The zero-order valence-electron chi connectivity index (χ0n) is 18.8. The predicted molar refractivity (Wildman–Crippen MR) is 115 cm³/mol. The summed E-state index contributed by atoms with van der Waals surface area (Å²) < 4.78 is 24.1. The van der Waals surface area contributed by atoms with Crippen molar-refractivity contribution in [3.63, 3.8) is 0 Å². The van der Waals surface area contributed by atoms with Crippen molar-refractivity contribution in [1.82, 2.24) is 4.98 Å². The number of aromatic hydroxyl groups is 1. The average Bonchev–Trinajstić information content (AvgIpc) is 2.71. The first-order valence-electron chi connectivity index (χ1n) is 10.3.